The van der Waals surface area contributed by atoms with Crippen LogP contribution in [0.5, 0.6) is 0 Å². The van der Waals surface area contributed by atoms with Gasteiger partial charge in [-0.1, -0.05) is 75.7 Å². The molecular formula is C14H29Br. The molecule has 0 spiro atoms. The van der Waals surface area contributed by atoms with Gasteiger partial charge in [0.05, 0.1) is 0 Å². The van der Waals surface area contributed by atoms with Gasteiger partial charge in [-0.25, -0.2) is 0 Å². The summed E-state index contributed by atoms with van der Waals surface area (Å²) in [5, 5.41) is 0. The Balaban J connectivity index is 3.99. The van der Waals surface area contributed by atoms with Crippen molar-refractivity contribution in [3.05, 3.63) is 0 Å². The van der Waals surface area contributed by atoms with Crippen molar-refractivity contribution in [3.63, 3.8) is 0 Å². The van der Waals surface area contributed by atoms with Gasteiger partial charge < -0.3 is 0 Å². The highest BCUT2D eigenvalue weighted by Gasteiger charge is 2.30. The van der Waals surface area contributed by atoms with E-state index in [1.165, 1.54) is 51.4 Å². The van der Waals surface area contributed by atoms with Crippen LogP contribution < -0.4 is 0 Å². The van der Waals surface area contributed by atoms with Gasteiger partial charge in [-0.3, -0.25) is 0 Å². The molecule has 1 unspecified atom stereocenters. The molecule has 92 valence electrons. The summed E-state index contributed by atoms with van der Waals surface area (Å²) in [6.45, 7) is 9.25. The van der Waals surface area contributed by atoms with E-state index in [9.17, 15) is 0 Å². The molecule has 1 heteroatoms. The summed E-state index contributed by atoms with van der Waals surface area (Å²) < 4.78 is 0.411. The highest BCUT2D eigenvalue weighted by Crippen LogP contribution is 2.39. The number of hydrogen-bond acceptors (Lipinski definition) is 0. The fraction of sp³-hybridized carbons (Fsp3) is 1.00. The standard InChI is InChI=1S/C14H29Br/c1-5-9-10-11-12-13(6-2)14(15,7-3)8-4/h13H,5-12H2,1-4H3. The third-order valence-corrected chi connectivity index (χ3v) is 5.58. The first-order valence-corrected chi connectivity index (χ1v) is 7.62. The molecule has 0 rings (SSSR count). The molecule has 0 saturated carbocycles. The topological polar surface area (TPSA) is 0 Å². The minimum atomic E-state index is 0.411. The maximum atomic E-state index is 3.98. The Labute approximate surface area is 105 Å². The second kappa shape index (κ2) is 8.61. The lowest BCUT2D eigenvalue weighted by atomic mass is 9.82. The van der Waals surface area contributed by atoms with Crippen molar-refractivity contribution in [2.45, 2.75) is 83.4 Å². The lowest BCUT2D eigenvalue weighted by Crippen LogP contribution is -2.29. The van der Waals surface area contributed by atoms with Crippen LogP contribution in [0.3, 0.4) is 0 Å². The molecular weight excluding hydrogens is 248 g/mol. The highest BCUT2D eigenvalue weighted by molar-refractivity contribution is 9.10. The smallest absolute Gasteiger partial charge is 0.0280 e. The van der Waals surface area contributed by atoms with Crippen molar-refractivity contribution in [3.8, 4) is 0 Å². The Kier molecular flexibility index (Phi) is 8.89. The molecule has 0 fully saturated rings. The van der Waals surface area contributed by atoms with E-state index in [2.05, 4.69) is 43.6 Å². The summed E-state index contributed by atoms with van der Waals surface area (Å²) >= 11 is 3.98. The monoisotopic (exact) mass is 276 g/mol. The van der Waals surface area contributed by atoms with Crippen LogP contribution in [-0.2, 0) is 0 Å². The number of alkyl halides is 1. The highest BCUT2D eigenvalue weighted by atomic mass is 79.9. The van der Waals surface area contributed by atoms with Gasteiger partial charge in [0.1, 0.15) is 0 Å². The Bertz CT molecular complexity index is 138. The normalized spacial score (nSPS) is 14.2. The van der Waals surface area contributed by atoms with Crippen molar-refractivity contribution in [2.75, 3.05) is 0 Å². The predicted molar refractivity (Wildman–Crippen MR) is 74.8 cm³/mol. The van der Waals surface area contributed by atoms with E-state index in [1.807, 2.05) is 0 Å². The van der Waals surface area contributed by atoms with Crippen LogP contribution in [0.4, 0.5) is 0 Å². The number of unbranched alkanes of at least 4 members (excludes halogenated alkanes) is 3. The largest absolute Gasteiger partial charge is 0.0851 e. The predicted octanol–water partition coefficient (Wildman–Crippen LogP) is 5.94. The van der Waals surface area contributed by atoms with E-state index in [-0.39, 0.29) is 0 Å². The van der Waals surface area contributed by atoms with Gasteiger partial charge in [0.15, 0.2) is 0 Å². The second-order valence-electron chi connectivity index (χ2n) is 4.70. The maximum Gasteiger partial charge on any atom is 0.0280 e. The summed E-state index contributed by atoms with van der Waals surface area (Å²) in [6.07, 6.45) is 10.8. The Morgan fingerprint density at radius 3 is 1.93 bits per heavy atom. The molecule has 0 aromatic rings. The molecule has 0 N–H and O–H groups in total. The molecule has 0 amide bonds. The number of hydrogen-bond donors (Lipinski definition) is 0. The zero-order chi connectivity index (χ0) is 11.7. The minimum absolute atomic E-state index is 0.411. The molecule has 0 aliphatic heterocycles. The van der Waals surface area contributed by atoms with Gasteiger partial charge >= 0.3 is 0 Å². The molecule has 0 aliphatic rings. The molecule has 15 heavy (non-hydrogen) atoms. The van der Waals surface area contributed by atoms with Gasteiger partial charge in [-0.15, -0.1) is 0 Å². The molecule has 0 aromatic heterocycles. The average Bonchev–Trinajstić information content (AvgIpc) is 2.28. The zero-order valence-electron chi connectivity index (χ0n) is 11.1. The maximum absolute atomic E-state index is 3.98. The lowest BCUT2D eigenvalue weighted by Gasteiger charge is -2.34. The summed E-state index contributed by atoms with van der Waals surface area (Å²) in [5.74, 6) is 0.865. The summed E-state index contributed by atoms with van der Waals surface area (Å²) in [7, 11) is 0. The van der Waals surface area contributed by atoms with Gasteiger partial charge in [0.25, 0.3) is 0 Å². The molecule has 0 radical (unpaired) electrons. The molecule has 0 heterocycles. The molecule has 1 atom stereocenters. The van der Waals surface area contributed by atoms with E-state index in [0.29, 0.717) is 4.32 Å². The Morgan fingerprint density at radius 2 is 1.53 bits per heavy atom. The van der Waals surface area contributed by atoms with Gasteiger partial charge in [-0.05, 0) is 25.2 Å². The average molecular weight is 277 g/mol. The van der Waals surface area contributed by atoms with Crippen molar-refractivity contribution in [1.82, 2.24) is 0 Å². The SMILES string of the molecule is CCCCCCC(CC)C(Br)(CC)CC. The van der Waals surface area contributed by atoms with Crippen molar-refractivity contribution >= 4 is 15.9 Å². The molecule has 0 aliphatic carbocycles. The molecule has 0 nitrogen and oxygen atoms in total. The van der Waals surface area contributed by atoms with Crippen molar-refractivity contribution < 1.29 is 0 Å². The van der Waals surface area contributed by atoms with Gasteiger partial charge in [0.2, 0.25) is 0 Å². The molecule has 0 saturated heterocycles. The minimum Gasteiger partial charge on any atom is -0.0851 e. The Hall–Kier alpha value is 0.480. The Morgan fingerprint density at radius 1 is 0.933 bits per heavy atom. The van der Waals surface area contributed by atoms with E-state index in [4.69, 9.17) is 0 Å². The van der Waals surface area contributed by atoms with Gasteiger partial charge in [-0.2, -0.15) is 0 Å². The zero-order valence-corrected chi connectivity index (χ0v) is 12.7. The van der Waals surface area contributed by atoms with Crippen molar-refractivity contribution in [1.29, 1.82) is 0 Å². The fourth-order valence-electron chi connectivity index (χ4n) is 2.47. The van der Waals surface area contributed by atoms with Crippen LogP contribution in [0.15, 0.2) is 0 Å². The quantitative estimate of drug-likeness (QED) is 0.361. The first kappa shape index (κ1) is 15.5. The van der Waals surface area contributed by atoms with Crippen LogP contribution in [0.25, 0.3) is 0 Å². The van der Waals surface area contributed by atoms with Gasteiger partial charge in [0, 0.05) is 4.32 Å². The number of rotatable bonds is 9. The fourth-order valence-corrected chi connectivity index (χ4v) is 3.03. The molecule has 0 bridgehead atoms. The first-order chi connectivity index (χ1) is 7.14. The van der Waals surface area contributed by atoms with E-state index < -0.39 is 0 Å². The summed E-state index contributed by atoms with van der Waals surface area (Å²) in [4.78, 5) is 0. The molecule has 0 aromatic carbocycles. The van der Waals surface area contributed by atoms with Crippen LogP contribution in [0, 0.1) is 5.92 Å². The number of halogens is 1. The first-order valence-electron chi connectivity index (χ1n) is 6.83. The van der Waals surface area contributed by atoms with Crippen LogP contribution in [-0.4, -0.2) is 4.32 Å². The van der Waals surface area contributed by atoms with Crippen LogP contribution in [0.1, 0.15) is 79.1 Å². The van der Waals surface area contributed by atoms with E-state index in [1.54, 1.807) is 0 Å². The third-order valence-electron chi connectivity index (χ3n) is 3.81. The summed E-state index contributed by atoms with van der Waals surface area (Å²) in [5.41, 5.74) is 0. The lowest BCUT2D eigenvalue weighted by molar-refractivity contribution is 0.321. The van der Waals surface area contributed by atoms with Crippen molar-refractivity contribution in [2.24, 2.45) is 5.92 Å². The summed E-state index contributed by atoms with van der Waals surface area (Å²) in [6, 6.07) is 0. The second-order valence-corrected chi connectivity index (χ2v) is 6.28. The third kappa shape index (κ3) is 5.38. The van der Waals surface area contributed by atoms with E-state index in [0.717, 1.165) is 5.92 Å². The van der Waals surface area contributed by atoms with E-state index >= 15 is 0 Å². The van der Waals surface area contributed by atoms with Crippen LogP contribution in [0.2, 0.25) is 0 Å². The van der Waals surface area contributed by atoms with Crippen LogP contribution >= 0.6 is 15.9 Å².